The van der Waals surface area contributed by atoms with Crippen LogP contribution in [0, 0.1) is 6.92 Å². The molecular weight excluding hydrogens is 336 g/mol. The summed E-state index contributed by atoms with van der Waals surface area (Å²) >= 11 is 5.12. The quantitative estimate of drug-likeness (QED) is 0.713. The summed E-state index contributed by atoms with van der Waals surface area (Å²) in [6.07, 6.45) is 0. The normalized spacial score (nSPS) is 10.8. The predicted octanol–water partition coefficient (Wildman–Crippen LogP) is 5.12. The number of ether oxygens (including phenoxy) is 1. The molecule has 0 unspecified atom stereocenters. The van der Waals surface area contributed by atoms with Crippen LogP contribution in [0.2, 0.25) is 0 Å². The molecule has 3 aromatic rings. The number of rotatable bonds is 3. The number of fused-ring (bicyclic) bond motifs is 1. The van der Waals surface area contributed by atoms with Gasteiger partial charge in [0.05, 0.1) is 17.3 Å². The zero-order valence-electron chi connectivity index (χ0n) is 11.1. The molecule has 0 aliphatic heterocycles. The van der Waals surface area contributed by atoms with E-state index in [0.29, 0.717) is 0 Å². The lowest BCUT2D eigenvalue weighted by atomic mass is 10.2. The highest BCUT2D eigenvalue weighted by Gasteiger charge is 2.07. The van der Waals surface area contributed by atoms with Crippen LogP contribution in [-0.4, -0.2) is 12.1 Å². The molecule has 0 saturated heterocycles. The molecule has 0 saturated carbocycles. The summed E-state index contributed by atoms with van der Waals surface area (Å²) in [7, 11) is 1.66. The lowest BCUT2D eigenvalue weighted by Gasteiger charge is -2.06. The van der Waals surface area contributed by atoms with Gasteiger partial charge in [-0.1, -0.05) is 39.4 Å². The highest BCUT2D eigenvalue weighted by molar-refractivity contribution is 9.10. The van der Waals surface area contributed by atoms with Gasteiger partial charge in [-0.2, -0.15) is 0 Å². The summed E-state index contributed by atoms with van der Waals surface area (Å²) in [6, 6.07) is 12.1. The van der Waals surface area contributed by atoms with Crippen molar-refractivity contribution in [1.82, 2.24) is 4.98 Å². The number of hydrogen-bond donors (Lipinski definition) is 1. The molecule has 0 aliphatic rings. The van der Waals surface area contributed by atoms with Crippen LogP contribution in [0.25, 0.3) is 10.2 Å². The Morgan fingerprint density at radius 3 is 2.85 bits per heavy atom. The Balaban J connectivity index is 1.97. The standard InChI is InChI=1S/C15H13BrN2OS/c1-9-4-3-5-13-14(9)18-15(20-13)17-11-6-10(16)7-12(8-11)19-2/h3-8H,1-2H3,(H,17,18). The lowest BCUT2D eigenvalue weighted by Crippen LogP contribution is -1.91. The van der Waals surface area contributed by atoms with Crippen molar-refractivity contribution in [3.05, 3.63) is 46.4 Å². The Morgan fingerprint density at radius 1 is 1.25 bits per heavy atom. The van der Waals surface area contributed by atoms with E-state index in [1.807, 2.05) is 18.2 Å². The van der Waals surface area contributed by atoms with Gasteiger partial charge in [-0.3, -0.25) is 0 Å². The second kappa shape index (κ2) is 5.42. The van der Waals surface area contributed by atoms with Crippen LogP contribution in [0.3, 0.4) is 0 Å². The van der Waals surface area contributed by atoms with Crippen molar-refractivity contribution in [3.63, 3.8) is 0 Å². The van der Waals surface area contributed by atoms with Crippen molar-refractivity contribution < 1.29 is 4.74 Å². The first kappa shape index (κ1) is 13.4. The van der Waals surface area contributed by atoms with Gasteiger partial charge in [0.2, 0.25) is 0 Å². The number of halogens is 1. The number of nitrogens with zero attached hydrogens (tertiary/aromatic N) is 1. The van der Waals surface area contributed by atoms with Gasteiger partial charge in [0.15, 0.2) is 5.13 Å². The Hall–Kier alpha value is -1.59. The molecule has 0 aliphatic carbocycles. The van der Waals surface area contributed by atoms with E-state index in [2.05, 4.69) is 51.4 Å². The first-order chi connectivity index (χ1) is 9.65. The van der Waals surface area contributed by atoms with Crippen molar-refractivity contribution in [1.29, 1.82) is 0 Å². The van der Waals surface area contributed by atoms with E-state index in [0.717, 1.165) is 26.6 Å². The number of hydrogen-bond acceptors (Lipinski definition) is 4. The predicted molar refractivity (Wildman–Crippen MR) is 88.3 cm³/mol. The minimum absolute atomic E-state index is 0.805. The number of benzene rings is 2. The van der Waals surface area contributed by atoms with E-state index < -0.39 is 0 Å². The first-order valence-corrected chi connectivity index (χ1v) is 7.74. The minimum Gasteiger partial charge on any atom is -0.497 e. The monoisotopic (exact) mass is 348 g/mol. The van der Waals surface area contributed by atoms with E-state index >= 15 is 0 Å². The number of nitrogens with one attached hydrogen (secondary N) is 1. The van der Waals surface area contributed by atoms with Crippen LogP contribution in [0.4, 0.5) is 10.8 Å². The largest absolute Gasteiger partial charge is 0.497 e. The van der Waals surface area contributed by atoms with E-state index in [4.69, 9.17) is 4.74 Å². The average molecular weight is 349 g/mol. The first-order valence-electron chi connectivity index (χ1n) is 6.13. The van der Waals surface area contributed by atoms with E-state index in [1.165, 1.54) is 10.3 Å². The highest BCUT2D eigenvalue weighted by atomic mass is 79.9. The maximum Gasteiger partial charge on any atom is 0.188 e. The van der Waals surface area contributed by atoms with Crippen molar-refractivity contribution in [2.45, 2.75) is 6.92 Å². The third-order valence-corrected chi connectivity index (χ3v) is 4.37. The van der Waals surface area contributed by atoms with Gasteiger partial charge in [-0.25, -0.2) is 4.98 Å². The number of aryl methyl sites for hydroxylation is 1. The van der Waals surface area contributed by atoms with Crippen LogP contribution in [0.1, 0.15) is 5.56 Å². The van der Waals surface area contributed by atoms with Crippen molar-refractivity contribution in [3.8, 4) is 5.75 Å². The molecule has 0 fully saturated rings. The van der Waals surface area contributed by atoms with Crippen LogP contribution in [0.15, 0.2) is 40.9 Å². The molecule has 1 aromatic heterocycles. The van der Waals surface area contributed by atoms with Crippen molar-refractivity contribution in [2.24, 2.45) is 0 Å². The molecule has 0 spiro atoms. The molecule has 0 bridgehead atoms. The summed E-state index contributed by atoms with van der Waals surface area (Å²) in [4.78, 5) is 4.64. The van der Waals surface area contributed by atoms with Gasteiger partial charge in [-0.15, -0.1) is 0 Å². The molecule has 0 atom stereocenters. The Morgan fingerprint density at radius 2 is 2.10 bits per heavy atom. The zero-order valence-corrected chi connectivity index (χ0v) is 13.5. The topological polar surface area (TPSA) is 34.1 Å². The van der Waals surface area contributed by atoms with Gasteiger partial charge in [0.25, 0.3) is 0 Å². The van der Waals surface area contributed by atoms with Gasteiger partial charge in [-0.05, 0) is 30.7 Å². The molecule has 5 heteroatoms. The Labute approximate surface area is 129 Å². The molecule has 3 nitrogen and oxygen atoms in total. The molecule has 20 heavy (non-hydrogen) atoms. The summed E-state index contributed by atoms with van der Waals surface area (Å²) in [5.41, 5.74) is 3.20. The SMILES string of the molecule is COc1cc(Br)cc(Nc2nc3c(C)cccc3s2)c1. The number of thiazole rings is 1. The molecular formula is C15H13BrN2OS. The van der Waals surface area contributed by atoms with Gasteiger partial charge in [0, 0.05) is 16.2 Å². The third-order valence-electron chi connectivity index (χ3n) is 2.98. The van der Waals surface area contributed by atoms with Gasteiger partial charge >= 0.3 is 0 Å². The molecule has 102 valence electrons. The summed E-state index contributed by atoms with van der Waals surface area (Å²) in [5.74, 6) is 0.805. The fourth-order valence-electron chi connectivity index (χ4n) is 2.02. The van der Waals surface area contributed by atoms with Crippen LogP contribution < -0.4 is 10.1 Å². The highest BCUT2D eigenvalue weighted by Crippen LogP contribution is 2.32. The van der Waals surface area contributed by atoms with Gasteiger partial charge < -0.3 is 10.1 Å². The third kappa shape index (κ3) is 2.64. The summed E-state index contributed by atoms with van der Waals surface area (Å²) in [6.45, 7) is 2.08. The van der Waals surface area contributed by atoms with Crippen LogP contribution in [-0.2, 0) is 0 Å². The van der Waals surface area contributed by atoms with Crippen LogP contribution in [0.5, 0.6) is 5.75 Å². The molecule has 1 N–H and O–H groups in total. The minimum atomic E-state index is 0.805. The maximum atomic E-state index is 5.26. The maximum absolute atomic E-state index is 5.26. The van der Waals surface area contributed by atoms with Crippen molar-refractivity contribution >= 4 is 48.3 Å². The number of aromatic nitrogens is 1. The zero-order chi connectivity index (χ0) is 14.1. The smallest absolute Gasteiger partial charge is 0.188 e. The number of methoxy groups -OCH3 is 1. The van der Waals surface area contributed by atoms with Gasteiger partial charge in [0.1, 0.15) is 5.75 Å². The lowest BCUT2D eigenvalue weighted by molar-refractivity contribution is 0.415. The molecule has 0 amide bonds. The number of anilines is 2. The average Bonchev–Trinajstić information content (AvgIpc) is 2.82. The second-order valence-corrected chi connectivity index (χ2v) is 6.39. The molecule has 0 radical (unpaired) electrons. The van der Waals surface area contributed by atoms with E-state index in [-0.39, 0.29) is 0 Å². The number of para-hydroxylation sites is 1. The van der Waals surface area contributed by atoms with Crippen LogP contribution >= 0.6 is 27.3 Å². The van der Waals surface area contributed by atoms with E-state index in [9.17, 15) is 0 Å². The summed E-state index contributed by atoms with van der Waals surface area (Å²) < 4.78 is 7.42. The Bertz CT molecular complexity index is 770. The molecule has 1 heterocycles. The summed E-state index contributed by atoms with van der Waals surface area (Å²) in [5, 5.41) is 4.22. The second-order valence-electron chi connectivity index (χ2n) is 4.45. The molecule has 3 rings (SSSR count). The van der Waals surface area contributed by atoms with E-state index in [1.54, 1.807) is 18.4 Å². The fraction of sp³-hybridized carbons (Fsp3) is 0.133. The molecule has 2 aromatic carbocycles. The Kier molecular flexibility index (Phi) is 3.63. The fourth-order valence-corrected chi connectivity index (χ4v) is 3.45. The van der Waals surface area contributed by atoms with Crippen molar-refractivity contribution in [2.75, 3.05) is 12.4 Å².